The van der Waals surface area contributed by atoms with E-state index in [4.69, 9.17) is 10.00 Å². The number of ether oxygens (including phenoxy) is 1. The summed E-state index contributed by atoms with van der Waals surface area (Å²) in [4.78, 5) is 12.8. The van der Waals surface area contributed by atoms with Gasteiger partial charge in [0.1, 0.15) is 11.9 Å². The van der Waals surface area contributed by atoms with Crippen LogP contribution in [0.2, 0.25) is 0 Å². The molecule has 1 aromatic carbocycles. The SMILES string of the molecule is N#Cc1cc(N2CCCOC2=O)ccc1F. The second-order valence-corrected chi connectivity index (χ2v) is 3.40. The zero-order chi connectivity index (χ0) is 11.5. The highest BCUT2D eigenvalue weighted by Crippen LogP contribution is 2.21. The van der Waals surface area contributed by atoms with Gasteiger partial charge in [-0.05, 0) is 24.6 Å². The third-order valence-electron chi connectivity index (χ3n) is 2.35. The van der Waals surface area contributed by atoms with Crippen molar-refractivity contribution < 1.29 is 13.9 Å². The van der Waals surface area contributed by atoms with Crippen molar-refractivity contribution in [2.75, 3.05) is 18.1 Å². The molecule has 1 amide bonds. The minimum Gasteiger partial charge on any atom is -0.449 e. The molecule has 0 bridgehead atoms. The Morgan fingerprint density at radius 2 is 2.31 bits per heavy atom. The van der Waals surface area contributed by atoms with Crippen LogP contribution in [0, 0.1) is 17.1 Å². The number of anilines is 1. The van der Waals surface area contributed by atoms with Gasteiger partial charge in [-0.15, -0.1) is 0 Å². The van der Waals surface area contributed by atoms with E-state index in [0.29, 0.717) is 18.8 Å². The normalized spacial score (nSPS) is 15.5. The number of amides is 1. The molecule has 4 nitrogen and oxygen atoms in total. The number of nitrogens with zero attached hydrogens (tertiary/aromatic N) is 2. The van der Waals surface area contributed by atoms with Gasteiger partial charge in [-0.3, -0.25) is 4.90 Å². The van der Waals surface area contributed by atoms with E-state index < -0.39 is 11.9 Å². The first-order chi connectivity index (χ1) is 7.72. The van der Waals surface area contributed by atoms with Gasteiger partial charge in [0.15, 0.2) is 0 Å². The molecule has 1 aliphatic rings. The Morgan fingerprint density at radius 1 is 1.50 bits per heavy atom. The number of halogens is 1. The van der Waals surface area contributed by atoms with E-state index in [0.717, 1.165) is 6.42 Å². The molecule has 0 N–H and O–H groups in total. The van der Waals surface area contributed by atoms with Gasteiger partial charge in [0, 0.05) is 12.2 Å². The van der Waals surface area contributed by atoms with Crippen LogP contribution < -0.4 is 4.90 Å². The average Bonchev–Trinajstić information content (AvgIpc) is 2.31. The Morgan fingerprint density at radius 3 is 3.00 bits per heavy atom. The van der Waals surface area contributed by atoms with Crippen molar-refractivity contribution in [2.24, 2.45) is 0 Å². The maximum Gasteiger partial charge on any atom is 0.414 e. The summed E-state index contributed by atoms with van der Waals surface area (Å²) in [6.45, 7) is 0.928. The second kappa shape index (κ2) is 4.19. The first-order valence-corrected chi connectivity index (χ1v) is 4.86. The second-order valence-electron chi connectivity index (χ2n) is 3.40. The van der Waals surface area contributed by atoms with Crippen LogP contribution >= 0.6 is 0 Å². The third-order valence-corrected chi connectivity index (χ3v) is 2.35. The quantitative estimate of drug-likeness (QED) is 0.727. The maximum atomic E-state index is 13.1. The minimum atomic E-state index is -0.586. The molecule has 82 valence electrons. The molecule has 0 radical (unpaired) electrons. The summed E-state index contributed by atoms with van der Waals surface area (Å²) in [6.07, 6.45) is 0.270. The van der Waals surface area contributed by atoms with Crippen LogP contribution in [0.25, 0.3) is 0 Å². The Kier molecular flexibility index (Phi) is 2.73. The van der Waals surface area contributed by atoms with E-state index in [-0.39, 0.29) is 5.56 Å². The van der Waals surface area contributed by atoms with Crippen molar-refractivity contribution in [1.29, 1.82) is 5.26 Å². The van der Waals surface area contributed by atoms with Gasteiger partial charge in [0.2, 0.25) is 0 Å². The Bertz CT molecular complexity index is 468. The van der Waals surface area contributed by atoms with E-state index in [1.165, 1.54) is 23.1 Å². The summed E-state index contributed by atoms with van der Waals surface area (Å²) >= 11 is 0. The largest absolute Gasteiger partial charge is 0.449 e. The van der Waals surface area contributed by atoms with Crippen LogP contribution in [-0.2, 0) is 4.74 Å². The molecule has 0 spiro atoms. The summed E-state index contributed by atoms with van der Waals surface area (Å²) < 4.78 is 17.9. The lowest BCUT2D eigenvalue weighted by molar-refractivity contribution is 0.140. The highest BCUT2D eigenvalue weighted by molar-refractivity contribution is 5.88. The van der Waals surface area contributed by atoms with Gasteiger partial charge >= 0.3 is 6.09 Å². The summed E-state index contributed by atoms with van der Waals surface area (Å²) in [5.41, 5.74) is 0.415. The van der Waals surface area contributed by atoms with Gasteiger partial charge in [-0.2, -0.15) is 5.26 Å². The third kappa shape index (κ3) is 1.82. The highest BCUT2D eigenvalue weighted by Gasteiger charge is 2.21. The number of carbonyl (C=O) groups excluding carboxylic acids is 1. The molecule has 2 rings (SSSR count). The van der Waals surface area contributed by atoms with Crippen LogP contribution in [-0.4, -0.2) is 19.2 Å². The Labute approximate surface area is 91.8 Å². The van der Waals surface area contributed by atoms with Crippen molar-refractivity contribution in [3.63, 3.8) is 0 Å². The molecular weight excluding hydrogens is 211 g/mol. The van der Waals surface area contributed by atoms with Crippen LogP contribution in [0.3, 0.4) is 0 Å². The molecule has 1 heterocycles. The van der Waals surface area contributed by atoms with E-state index in [1.807, 2.05) is 0 Å². The fraction of sp³-hybridized carbons (Fsp3) is 0.273. The highest BCUT2D eigenvalue weighted by atomic mass is 19.1. The zero-order valence-electron chi connectivity index (χ0n) is 8.44. The summed E-state index contributed by atoms with van der Waals surface area (Å²) in [5, 5.41) is 8.68. The molecule has 0 aromatic heterocycles. The number of hydrogen-bond donors (Lipinski definition) is 0. The zero-order valence-corrected chi connectivity index (χ0v) is 8.44. The predicted molar refractivity (Wildman–Crippen MR) is 54.4 cm³/mol. The summed E-state index contributed by atoms with van der Waals surface area (Å²) in [5.74, 6) is -0.586. The lowest BCUT2D eigenvalue weighted by Crippen LogP contribution is -2.37. The van der Waals surface area contributed by atoms with Crippen LogP contribution in [0.15, 0.2) is 18.2 Å². The molecule has 1 aliphatic heterocycles. The minimum absolute atomic E-state index is 0.0733. The molecule has 0 atom stereocenters. The average molecular weight is 220 g/mol. The molecule has 1 saturated heterocycles. The fourth-order valence-electron chi connectivity index (χ4n) is 1.55. The molecule has 0 saturated carbocycles. The standard InChI is InChI=1S/C11H9FN2O2/c12-10-3-2-9(6-8(10)7-13)14-4-1-5-16-11(14)15/h2-3,6H,1,4-5H2. The Balaban J connectivity index is 2.33. The number of benzene rings is 1. The number of rotatable bonds is 1. The first kappa shape index (κ1) is 10.4. The number of cyclic esters (lactones) is 1. The van der Waals surface area contributed by atoms with E-state index in [1.54, 1.807) is 6.07 Å². The van der Waals surface area contributed by atoms with Crippen LogP contribution in [0.1, 0.15) is 12.0 Å². The van der Waals surface area contributed by atoms with E-state index in [9.17, 15) is 9.18 Å². The first-order valence-electron chi connectivity index (χ1n) is 4.86. The van der Waals surface area contributed by atoms with E-state index >= 15 is 0 Å². The topological polar surface area (TPSA) is 53.3 Å². The molecule has 16 heavy (non-hydrogen) atoms. The van der Waals surface area contributed by atoms with Gasteiger partial charge in [-0.1, -0.05) is 0 Å². The van der Waals surface area contributed by atoms with E-state index in [2.05, 4.69) is 0 Å². The monoisotopic (exact) mass is 220 g/mol. The maximum absolute atomic E-state index is 13.1. The number of hydrogen-bond acceptors (Lipinski definition) is 3. The van der Waals surface area contributed by atoms with Crippen molar-refractivity contribution in [1.82, 2.24) is 0 Å². The van der Waals surface area contributed by atoms with Crippen molar-refractivity contribution in [2.45, 2.75) is 6.42 Å². The molecule has 1 aromatic rings. The summed E-state index contributed by atoms with van der Waals surface area (Å²) in [6, 6.07) is 5.72. The number of nitriles is 1. The van der Waals surface area contributed by atoms with Crippen LogP contribution in [0.5, 0.6) is 0 Å². The molecular formula is C11H9FN2O2. The smallest absolute Gasteiger partial charge is 0.414 e. The molecule has 0 unspecified atom stereocenters. The van der Waals surface area contributed by atoms with Gasteiger partial charge in [0.05, 0.1) is 12.2 Å². The molecule has 5 heteroatoms. The van der Waals surface area contributed by atoms with Gasteiger partial charge in [-0.25, -0.2) is 9.18 Å². The lowest BCUT2D eigenvalue weighted by atomic mass is 10.2. The van der Waals surface area contributed by atoms with Crippen molar-refractivity contribution in [3.8, 4) is 6.07 Å². The predicted octanol–water partition coefficient (Wildman–Crippen LogP) is 2.04. The molecule has 0 aliphatic carbocycles. The lowest BCUT2D eigenvalue weighted by Gasteiger charge is -2.26. The van der Waals surface area contributed by atoms with Gasteiger partial charge < -0.3 is 4.74 Å². The van der Waals surface area contributed by atoms with Crippen molar-refractivity contribution in [3.05, 3.63) is 29.6 Å². The van der Waals surface area contributed by atoms with Gasteiger partial charge in [0.25, 0.3) is 0 Å². The van der Waals surface area contributed by atoms with Crippen LogP contribution in [0.4, 0.5) is 14.9 Å². The Hall–Kier alpha value is -2.09. The fourth-order valence-corrected chi connectivity index (χ4v) is 1.55. The number of carbonyl (C=O) groups is 1. The van der Waals surface area contributed by atoms with Crippen molar-refractivity contribution >= 4 is 11.8 Å². The molecule has 1 fully saturated rings. The summed E-state index contributed by atoms with van der Waals surface area (Å²) in [7, 11) is 0.